The van der Waals surface area contributed by atoms with Crippen LogP contribution in [0.15, 0.2) is 71.2 Å². The van der Waals surface area contributed by atoms with Gasteiger partial charge in [0, 0.05) is 12.1 Å². The van der Waals surface area contributed by atoms with Crippen molar-refractivity contribution in [3.05, 3.63) is 82.0 Å². The van der Waals surface area contributed by atoms with Crippen molar-refractivity contribution in [2.45, 2.75) is 6.61 Å². The average Bonchev–Trinajstić information content (AvgIpc) is 2.79. The minimum absolute atomic E-state index is 0.0677. The summed E-state index contributed by atoms with van der Waals surface area (Å²) in [6, 6.07) is 19.8. The van der Waals surface area contributed by atoms with Gasteiger partial charge in [0.05, 0.1) is 16.7 Å². The summed E-state index contributed by atoms with van der Waals surface area (Å²) in [5.41, 5.74) is 7.63. The molecule has 4 aromatic rings. The highest BCUT2D eigenvalue weighted by atomic mass is 79.9. The molecule has 0 saturated heterocycles. The van der Waals surface area contributed by atoms with Gasteiger partial charge in [-0.25, -0.2) is 4.98 Å². The second kappa shape index (κ2) is 10.8. The second-order valence-electron chi connectivity index (χ2n) is 6.54. The van der Waals surface area contributed by atoms with Crippen LogP contribution in [0.3, 0.4) is 0 Å². The van der Waals surface area contributed by atoms with E-state index in [2.05, 4.69) is 26.0 Å². The molecule has 11 heteroatoms. The van der Waals surface area contributed by atoms with Crippen molar-refractivity contribution in [3.63, 3.8) is 0 Å². The molecule has 32 heavy (non-hydrogen) atoms. The van der Waals surface area contributed by atoms with Crippen molar-refractivity contribution < 1.29 is 24.4 Å². The maximum Gasteiger partial charge on any atom is 0.488 e. The van der Waals surface area contributed by atoms with E-state index >= 15 is 0 Å². The molecule has 1 aromatic heterocycles. The average molecular weight is 499 g/mol. The van der Waals surface area contributed by atoms with Gasteiger partial charge in [0.15, 0.2) is 0 Å². The van der Waals surface area contributed by atoms with E-state index in [0.29, 0.717) is 43.9 Å². The van der Waals surface area contributed by atoms with Crippen molar-refractivity contribution in [1.82, 2.24) is 10.1 Å². The summed E-state index contributed by atoms with van der Waals surface area (Å²) in [4.78, 5) is 4.36. The molecule has 0 unspecified atom stereocenters. The van der Waals surface area contributed by atoms with Crippen LogP contribution in [0.5, 0.6) is 11.5 Å². The molecule has 0 aliphatic carbocycles. The van der Waals surface area contributed by atoms with Crippen molar-refractivity contribution >= 4 is 45.5 Å². The number of hydrogen-bond donors (Lipinski definition) is 3. The van der Waals surface area contributed by atoms with Gasteiger partial charge in [0.25, 0.3) is 11.5 Å². The van der Waals surface area contributed by atoms with Crippen LogP contribution in [0.1, 0.15) is 5.56 Å². The highest BCUT2D eigenvalue weighted by Crippen LogP contribution is 2.27. The lowest BCUT2D eigenvalue weighted by Gasteiger charge is -2.07. The van der Waals surface area contributed by atoms with E-state index in [0.717, 1.165) is 5.56 Å². The Balaban J connectivity index is 0.000000182. The number of ether oxygens (including phenoxy) is 2. The van der Waals surface area contributed by atoms with Gasteiger partial charge in [0.2, 0.25) is 0 Å². The normalized spacial score (nSPS) is 10.2. The maximum absolute atomic E-state index is 11.4. The van der Waals surface area contributed by atoms with Gasteiger partial charge in [-0.05, 0) is 43.9 Å². The van der Waals surface area contributed by atoms with Crippen molar-refractivity contribution in [2.24, 2.45) is 0 Å². The van der Waals surface area contributed by atoms with Gasteiger partial charge in [-0.3, -0.25) is 0 Å². The lowest BCUT2D eigenvalue weighted by molar-refractivity contribution is -0.641. The molecule has 164 valence electrons. The number of nitrogens with two attached hydrogens (primary N) is 1. The molecular weight excluding hydrogens is 479 g/mol. The van der Waals surface area contributed by atoms with Crippen LogP contribution < -0.4 is 25.5 Å². The molecule has 1 heterocycles. The summed E-state index contributed by atoms with van der Waals surface area (Å²) < 4.78 is 11.3. The molecule has 0 aliphatic rings. The molecular formula is C21H20BBrN4O5. The summed E-state index contributed by atoms with van der Waals surface area (Å²) in [7, 11) is 0.0668. The molecule has 0 saturated carbocycles. The van der Waals surface area contributed by atoms with E-state index < -0.39 is 7.12 Å². The molecule has 0 bridgehead atoms. The highest BCUT2D eigenvalue weighted by Gasteiger charge is 2.13. The Bertz CT molecular complexity index is 1200. The van der Waals surface area contributed by atoms with Crippen molar-refractivity contribution in [3.8, 4) is 11.5 Å². The molecule has 0 radical (unpaired) electrons. The predicted octanol–water partition coefficient (Wildman–Crippen LogP) is 1.56. The third-order valence-electron chi connectivity index (χ3n) is 4.29. The quantitative estimate of drug-likeness (QED) is 0.214. The Morgan fingerprint density at radius 3 is 2.53 bits per heavy atom. The zero-order valence-corrected chi connectivity index (χ0v) is 18.6. The third kappa shape index (κ3) is 6.07. The first-order valence-corrected chi connectivity index (χ1v) is 10.2. The minimum Gasteiger partial charge on any atom is -0.594 e. The number of nitrogen functional groups attached to an aromatic ring is 1. The van der Waals surface area contributed by atoms with E-state index in [9.17, 15) is 5.21 Å². The van der Waals surface area contributed by atoms with E-state index in [-0.39, 0.29) is 5.95 Å². The van der Waals surface area contributed by atoms with Crippen LogP contribution in [0.2, 0.25) is 0 Å². The smallest absolute Gasteiger partial charge is 0.488 e. The molecule has 0 atom stereocenters. The number of anilines is 1. The largest absolute Gasteiger partial charge is 0.594 e. The van der Waals surface area contributed by atoms with Gasteiger partial charge >= 0.3 is 7.12 Å². The van der Waals surface area contributed by atoms with Crippen molar-refractivity contribution in [2.75, 3.05) is 12.8 Å². The van der Waals surface area contributed by atoms with Crippen LogP contribution in [0, 0.1) is 5.21 Å². The zero-order chi connectivity index (χ0) is 23.1. The van der Waals surface area contributed by atoms with Crippen LogP contribution in [-0.2, 0) is 6.61 Å². The number of aromatic nitrogens is 3. The fourth-order valence-corrected chi connectivity index (χ4v) is 3.22. The molecule has 3 aromatic carbocycles. The van der Waals surface area contributed by atoms with Crippen LogP contribution >= 0.6 is 15.9 Å². The first-order chi connectivity index (χ1) is 15.4. The SMILES string of the molecule is COc1cc2nc(N)n[n+]([O-])c2cc1Br.OB(O)c1cccc(OCc2ccccc2)c1. The van der Waals surface area contributed by atoms with E-state index in [1.807, 2.05) is 30.3 Å². The molecule has 0 spiro atoms. The molecule has 0 aliphatic heterocycles. The Kier molecular flexibility index (Phi) is 7.82. The first-order valence-electron chi connectivity index (χ1n) is 9.41. The van der Waals surface area contributed by atoms with Gasteiger partial charge in [-0.1, -0.05) is 42.5 Å². The monoisotopic (exact) mass is 498 g/mol. The zero-order valence-electron chi connectivity index (χ0n) is 17.1. The Labute approximate surface area is 192 Å². The van der Waals surface area contributed by atoms with Crippen LogP contribution in [0.4, 0.5) is 5.95 Å². The standard InChI is InChI=1S/C13H13BO3.C8H7BrN4O2/c15-14(16)12-7-4-8-13(9-12)17-10-11-5-2-1-3-6-11;1-15-7-3-5-6(2-4(7)9)13(14)12-8(10)11-5/h1-9,15-16H,10H2;2-3H,1H3,(H2,10,11,12). The molecule has 0 fully saturated rings. The second-order valence-corrected chi connectivity index (χ2v) is 7.39. The lowest BCUT2D eigenvalue weighted by Crippen LogP contribution is -2.33. The Morgan fingerprint density at radius 2 is 1.84 bits per heavy atom. The van der Waals surface area contributed by atoms with Gasteiger partial charge in [-0.15, -0.1) is 0 Å². The Morgan fingerprint density at radius 1 is 1.09 bits per heavy atom. The topological polar surface area (TPSA) is 138 Å². The minimum atomic E-state index is -1.46. The van der Waals surface area contributed by atoms with Gasteiger partial charge in [-0.2, -0.15) is 0 Å². The van der Waals surface area contributed by atoms with Gasteiger partial charge < -0.3 is 30.5 Å². The molecule has 4 rings (SSSR count). The predicted molar refractivity (Wildman–Crippen MR) is 124 cm³/mol. The maximum atomic E-state index is 11.4. The summed E-state index contributed by atoms with van der Waals surface area (Å²) in [5, 5.41) is 32.9. The summed E-state index contributed by atoms with van der Waals surface area (Å²) >= 11 is 3.27. The van der Waals surface area contributed by atoms with Crippen molar-refractivity contribution in [1.29, 1.82) is 0 Å². The Hall–Kier alpha value is -3.41. The number of methoxy groups -OCH3 is 1. The lowest BCUT2D eigenvalue weighted by atomic mass is 9.80. The number of benzene rings is 3. The van der Waals surface area contributed by atoms with E-state index in [4.69, 9.17) is 25.3 Å². The summed E-state index contributed by atoms with van der Waals surface area (Å²) in [6.07, 6.45) is 0. The molecule has 9 nitrogen and oxygen atoms in total. The molecule has 0 amide bonds. The van der Waals surface area contributed by atoms with Crippen LogP contribution in [-0.4, -0.2) is 34.4 Å². The summed E-state index contributed by atoms with van der Waals surface area (Å²) in [5.74, 6) is 1.14. The molecule has 4 N–H and O–H groups in total. The number of halogens is 1. The number of hydrogen-bond acceptors (Lipinski definition) is 8. The number of rotatable bonds is 5. The van der Waals surface area contributed by atoms with E-state index in [1.54, 1.807) is 36.4 Å². The number of nitrogens with zero attached hydrogens (tertiary/aromatic N) is 3. The summed E-state index contributed by atoms with van der Waals surface area (Å²) in [6.45, 7) is 0.464. The van der Waals surface area contributed by atoms with E-state index in [1.165, 1.54) is 7.11 Å². The fraction of sp³-hybridized carbons (Fsp3) is 0.0952. The highest BCUT2D eigenvalue weighted by molar-refractivity contribution is 9.10. The fourth-order valence-electron chi connectivity index (χ4n) is 2.73. The number of fused-ring (bicyclic) bond motifs is 1. The van der Waals surface area contributed by atoms with Gasteiger partial charge in [0.1, 0.15) is 23.6 Å². The third-order valence-corrected chi connectivity index (χ3v) is 4.91. The van der Waals surface area contributed by atoms with Crippen LogP contribution in [0.25, 0.3) is 11.0 Å². The first kappa shape index (κ1) is 23.3.